The first-order valence-corrected chi connectivity index (χ1v) is 7.05. The molecule has 5 heteroatoms. The molecule has 106 valence electrons. The van der Waals surface area contributed by atoms with Crippen LogP contribution in [0.4, 0.5) is 0 Å². The summed E-state index contributed by atoms with van der Waals surface area (Å²) in [5, 5.41) is 13.4. The quantitative estimate of drug-likeness (QED) is 0.856. The van der Waals surface area contributed by atoms with Crippen molar-refractivity contribution in [3.63, 3.8) is 0 Å². The maximum atomic E-state index is 10.7. The number of nitrogens with zero attached hydrogens (tertiary/aromatic N) is 3. The third kappa shape index (κ3) is 3.80. The molecule has 1 aromatic rings. The van der Waals surface area contributed by atoms with E-state index in [0.29, 0.717) is 18.5 Å². The van der Waals surface area contributed by atoms with Gasteiger partial charge in [0.25, 0.3) is 0 Å². The van der Waals surface area contributed by atoms with Gasteiger partial charge in [0.1, 0.15) is 0 Å². The fourth-order valence-corrected chi connectivity index (χ4v) is 2.70. The molecule has 0 aliphatic carbocycles. The topological polar surface area (TPSA) is 58.4 Å². The predicted octanol–water partition coefficient (Wildman–Crippen LogP) is 2.15. The van der Waals surface area contributed by atoms with Gasteiger partial charge in [0.05, 0.1) is 18.2 Å². The lowest BCUT2D eigenvalue weighted by molar-refractivity contribution is -0.137. The van der Waals surface area contributed by atoms with Gasteiger partial charge >= 0.3 is 5.97 Å². The first kappa shape index (κ1) is 14.1. The number of carbonyl (C=O) groups is 1. The molecule has 0 unspecified atom stereocenters. The molecule has 1 fully saturated rings. The minimum absolute atomic E-state index is 0.212. The summed E-state index contributed by atoms with van der Waals surface area (Å²) < 4.78 is 1.99. The van der Waals surface area contributed by atoms with E-state index >= 15 is 0 Å². The van der Waals surface area contributed by atoms with Crippen LogP contribution in [0.2, 0.25) is 0 Å². The second-order valence-corrected chi connectivity index (χ2v) is 5.69. The number of likely N-dealkylation sites (tertiary alicyclic amines) is 1. The zero-order chi connectivity index (χ0) is 13.8. The van der Waals surface area contributed by atoms with Gasteiger partial charge in [0.15, 0.2) is 0 Å². The Balaban J connectivity index is 1.99. The van der Waals surface area contributed by atoms with Gasteiger partial charge in [-0.1, -0.05) is 13.8 Å². The molecule has 1 aliphatic heterocycles. The lowest BCUT2D eigenvalue weighted by Crippen LogP contribution is -2.26. The molecular formula is C14H23N3O2. The van der Waals surface area contributed by atoms with E-state index in [1.165, 1.54) is 0 Å². The van der Waals surface area contributed by atoms with Crippen molar-refractivity contribution in [2.24, 2.45) is 5.92 Å². The lowest BCUT2D eigenvalue weighted by atomic mass is 10.1. The summed E-state index contributed by atoms with van der Waals surface area (Å²) in [6.07, 6.45) is 4.45. The highest BCUT2D eigenvalue weighted by Crippen LogP contribution is 2.30. The third-order valence-electron chi connectivity index (χ3n) is 3.53. The van der Waals surface area contributed by atoms with Crippen molar-refractivity contribution in [2.45, 2.75) is 45.7 Å². The number of rotatable bonds is 6. The largest absolute Gasteiger partial charge is 0.481 e. The van der Waals surface area contributed by atoms with Crippen molar-refractivity contribution in [2.75, 3.05) is 13.1 Å². The molecule has 5 nitrogen and oxygen atoms in total. The van der Waals surface area contributed by atoms with Crippen molar-refractivity contribution in [3.8, 4) is 0 Å². The molecule has 1 aliphatic rings. The Hall–Kier alpha value is -1.36. The molecule has 19 heavy (non-hydrogen) atoms. The normalized spacial score (nSPS) is 20.3. The fraction of sp³-hybridized carbons (Fsp3) is 0.714. The second-order valence-electron chi connectivity index (χ2n) is 5.69. The van der Waals surface area contributed by atoms with Gasteiger partial charge < -0.3 is 5.11 Å². The van der Waals surface area contributed by atoms with E-state index < -0.39 is 5.97 Å². The Labute approximate surface area is 114 Å². The van der Waals surface area contributed by atoms with E-state index in [0.717, 1.165) is 31.6 Å². The molecule has 2 rings (SSSR count). The van der Waals surface area contributed by atoms with E-state index in [9.17, 15) is 4.79 Å². The Morgan fingerprint density at radius 1 is 1.58 bits per heavy atom. The van der Waals surface area contributed by atoms with Gasteiger partial charge in [-0.3, -0.25) is 14.4 Å². The first-order chi connectivity index (χ1) is 9.06. The molecule has 0 amide bonds. The molecule has 0 saturated carbocycles. The summed E-state index contributed by atoms with van der Waals surface area (Å²) in [6, 6.07) is 2.37. The molecule has 1 atom stereocenters. The lowest BCUT2D eigenvalue weighted by Gasteiger charge is -2.22. The van der Waals surface area contributed by atoms with E-state index in [1.807, 2.05) is 10.9 Å². The number of aromatic nitrogens is 2. The smallest absolute Gasteiger partial charge is 0.304 e. The van der Waals surface area contributed by atoms with Crippen LogP contribution in [0.25, 0.3) is 0 Å². The van der Waals surface area contributed by atoms with Gasteiger partial charge in [0, 0.05) is 19.3 Å². The van der Waals surface area contributed by atoms with Crippen LogP contribution in [0, 0.1) is 5.92 Å². The van der Waals surface area contributed by atoms with Crippen molar-refractivity contribution >= 4 is 5.97 Å². The molecule has 1 saturated heterocycles. The molecule has 0 radical (unpaired) electrons. The summed E-state index contributed by atoms with van der Waals surface area (Å²) >= 11 is 0. The van der Waals surface area contributed by atoms with Gasteiger partial charge in [-0.25, -0.2) is 0 Å². The van der Waals surface area contributed by atoms with Crippen LogP contribution in [0.3, 0.4) is 0 Å². The van der Waals surface area contributed by atoms with Crippen LogP contribution < -0.4 is 0 Å². The number of hydrogen-bond donors (Lipinski definition) is 1. The molecule has 0 bridgehead atoms. The molecule has 2 heterocycles. The summed E-state index contributed by atoms with van der Waals surface area (Å²) in [7, 11) is 0. The van der Waals surface area contributed by atoms with E-state index in [2.05, 4.69) is 29.9 Å². The van der Waals surface area contributed by atoms with Crippen LogP contribution in [0.1, 0.15) is 44.8 Å². The van der Waals surface area contributed by atoms with Gasteiger partial charge in [-0.05, 0) is 31.4 Å². The summed E-state index contributed by atoms with van der Waals surface area (Å²) in [4.78, 5) is 12.9. The summed E-state index contributed by atoms with van der Waals surface area (Å²) in [5.74, 6) is -0.143. The highest BCUT2D eigenvalue weighted by Gasteiger charge is 2.27. The van der Waals surface area contributed by atoms with Crippen LogP contribution in [0.15, 0.2) is 12.3 Å². The Morgan fingerprint density at radius 2 is 2.37 bits per heavy atom. The minimum atomic E-state index is -0.726. The Kier molecular flexibility index (Phi) is 4.58. The minimum Gasteiger partial charge on any atom is -0.481 e. The van der Waals surface area contributed by atoms with E-state index in [4.69, 9.17) is 5.11 Å². The molecule has 0 spiro atoms. The maximum absolute atomic E-state index is 10.7. The zero-order valence-corrected chi connectivity index (χ0v) is 11.7. The standard InChI is InChI=1S/C14H23N3O2/c1-11(2)10-17-9-5-12(15-17)13-4-3-7-16(13)8-6-14(18)19/h5,9,11,13H,3-4,6-8,10H2,1-2H3,(H,18,19)/t13-/m1/s1. The Morgan fingerprint density at radius 3 is 3.05 bits per heavy atom. The SMILES string of the molecule is CC(C)Cn1ccc([C@H]2CCCN2CCC(=O)O)n1. The van der Waals surface area contributed by atoms with Gasteiger partial charge in [-0.2, -0.15) is 5.10 Å². The number of aliphatic carboxylic acids is 1. The maximum Gasteiger partial charge on any atom is 0.304 e. The number of carboxylic acid groups (broad SMARTS) is 1. The van der Waals surface area contributed by atoms with Crippen molar-refractivity contribution in [1.29, 1.82) is 0 Å². The fourth-order valence-electron chi connectivity index (χ4n) is 2.70. The first-order valence-electron chi connectivity index (χ1n) is 7.05. The average molecular weight is 265 g/mol. The zero-order valence-electron chi connectivity index (χ0n) is 11.7. The summed E-state index contributed by atoms with van der Waals surface area (Å²) in [5.41, 5.74) is 1.09. The number of carboxylic acids is 1. The molecule has 0 aromatic carbocycles. The van der Waals surface area contributed by atoms with E-state index in [-0.39, 0.29) is 6.42 Å². The van der Waals surface area contributed by atoms with Crippen molar-refractivity contribution in [3.05, 3.63) is 18.0 Å². The number of hydrogen-bond acceptors (Lipinski definition) is 3. The van der Waals surface area contributed by atoms with Gasteiger partial charge in [-0.15, -0.1) is 0 Å². The molecule has 1 aromatic heterocycles. The monoisotopic (exact) mass is 265 g/mol. The van der Waals surface area contributed by atoms with Crippen molar-refractivity contribution < 1.29 is 9.90 Å². The second kappa shape index (κ2) is 6.19. The summed E-state index contributed by atoms with van der Waals surface area (Å²) in [6.45, 7) is 6.89. The van der Waals surface area contributed by atoms with Crippen LogP contribution >= 0.6 is 0 Å². The average Bonchev–Trinajstić information content (AvgIpc) is 2.93. The van der Waals surface area contributed by atoms with Crippen molar-refractivity contribution in [1.82, 2.24) is 14.7 Å². The molecular weight excluding hydrogens is 242 g/mol. The van der Waals surface area contributed by atoms with Crippen LogP contribution in [-0.4, -0.2) is 38.8 Å². The molecule has 1 N–H and O–H groups in total. The van der Waals surface area contributed by atoms with Crippen LogP contribution in [-0.2, 0) is 11.3 Å². The van der Waals surface area contributed by atoms with Crippen LogP contribution in [0.5, 0.6) is 0 Å². The van der Waals surface area contributed by atoms with Gasteiger partial charge in [0.2, 0.25) is 0 Å². The highest BCUT2D eigenvalue weighted by molar-refractivity contribution is 5.66. The predicted molar refractivity (Wildman–Crippen MR) is 72.9 cm³/mol. The highest BCUT2D eigenvalue weighted by atomic mass is 16.4. The third-order valence-corrected chi connectivity index (χ3v) is 3.53. The van der Waals surface area contributed by atoms with E-state index in [1.54, 1.807) is 0 Å². The Bertz CT molecular complexity index is 428.